The molecule has 0 saturated heterocycles. The lowest BCUT2D eigenvalue weighted by atomic mass is 10.2. The molecule has 180 valence electrons. The van der Waals surface area contributed by atoms with Gasteiger partial charge < -0.3 is 5.32 Å². The number of thioether (sulfide) groups is 1. The SMILES string of the molecule is Cc1ccc(N(CC(=O)NCCCSCc2cccc(C)c2)S(=O)(=O)c2ccc(Cl)cc2)cc1. The van der Waals surface area contributed by atoms with Gasteiger partial charge in [0.15, 0.2) is 0 Å². The van der Waals surface area contributed by atoms with Crippen molar-refractivity contribution in [3.8, 4) is 0 Å². The number of nitrogens with one attached hydrogen (secondary N) is 1. The topological polar surface area (TPSA) is 66.5 Å². The average Bonchev–Trinajstić information content (AvgIpc) is 2.81. The van der Waals surface area contributed by atoms with Crippen molar-refractivity contribution in [2.45, 2.75) is 30.9 Å². The number of nitrogens with zero attached hydrogens (tertiary/aromatic N) is 1. The van der Waals surface area contributed by atoms with E-state index in [0.29, 0.717) is 17.3 Å². The van der Waals surface area contributed by atoms with Gasteiger partial charge in [-0.25, -0.2) is 8.42 Å². The molecule has 0 aliphatic rings. The van der Waals surface area contributed by atoms with Crippen LogP contribution in [0, 0.1) is 13.8 Å². The van der Waals surface area contributed by atoms with Gasteiger partial charge in [-0.2, -0.15) is 11.8 Å². The highest BCUT2D eigenvalue weighted by Crippen LogP contribution is 2.25. The van der Waals surface area contributed by atoms with Crippen LogP contribution >= 0.6 is 23.4 Å². The Kier molecular flexibility index (Phi) is 9.45. The number of sulfonamides is 1. The summed E-state index contributed by atoms with van der Waals surface area (Å²) in [6.07, 6.45) is 0.802. The minimum Gasteiger partial charge on any atom is -0.354 e. The van der Waals surface area contributed by atoms with Gasteiger partial charge in [0, 0.05) is 17.3 Å². The molecule has 0 unspecified atom stereocenters. The second-order valence-electron chi connectivity index (χ2n) is 8.05. The first kappa shape index (κ1) is 26.1. The first-order valence-corrected chi connectivity index (χ1v) is 14.0. The van der Waals surface area contributed by atoms with E-state index in [4.69, 9.17) is 11.6 Å². The van der Waals surface area contributed by atoms with Crippen molar-refractivity contribution in [1.82, 2.24) is 5.32 Å². The van der Waals surface area contributed by atoms with Gasteiger partial charge in [0.05, 0.1) is 10.6 Å². The molecule has 0 fully saturated rings. The van der Waals surface area contributed by atoms with Crippen molar-refractivity contribution in [2.75, 3.05) is 23.1 Å². The molecule has 34 heavy (non-hydrogen) atoms. The first-order chi connectivity index (χ1) is 16.3. The molecule has 0 atom stereocenters. The highest BCUT2D eigenvalue weighted by molar-refractivity contribution is 7.98. The molecule has 0 bridgehead atoms. The monoisotopic (exact) mass is 516 g/mol. The quantitative estimate of drug-likeness (QED) is 0.337. The normalized spacial score (nSPS) is 11.3. The molecule has 0 aliphatic heterocycles. The fraction of sp³-hybridized carbons (Fsp3) is 0.269. The summed E-state index contributed by atoms with van der Waals surface area (Å²) in [4.78, 5) is 12.8. The van der Waals surface area contributed by atoms with E-state index in [9.17, 15) is 13.2 Å². The summed E-state index contributed by atoms with van der Waals surface area (Å²) in [6, 6.07) is 21.4. The maximum atomic E-state index is 13.3. The van der Waals surface area contributed by atoms with Gasteiger partial charge in [-0.1, -0.05) is 59.1 Å². The Labute approximate surface area is 211 Å². The summed E-state index contributed by atoms with van der Waals surface area (Å²) in [6.45, 7) is 4.19. The van der Waals surface area contributed by atoms with Crippen LogP contribution in [0.4, 0.5) is 5.69 Å². The predicted molar refractivity (Wildman–Crippen MR) is 142 cm³/mol. The van der Waals surface area contributed by atoms with E-state index < -0.39 is 10.0 Å². The predicted octanol–water partition coefficient (Wildman–Crippen LogP) is 5.59. The molecule has 0 aromatic heterocycles. The molecule has 0 saturated carbocycles. The molecule has 0 spiro atoms. The number of hydrogen-bond acceptors (Lipinski definition) is 4. The Morgan fingerprint density at radius 2 is 1.68 bits per heavy atom. The third kappa shape index (κ3) is 7.52. The van der Waals surface area contributed by atoms with E-state index in [1.54, 1.807) is 12.1 Å². The second-order valence-corrected chi connectivity index (χ2v) is 11.5. The molecule has 0 aliphatic carbocycles. The highest BCUT2D eigenvalue weighted by Gasteiger charge is 2.27. The zero-order valence-electron chi connectivity index (χ0n) is 19.3. The maximum Gasteiger partial charge on any atom is 0.264 e. The van der Waals surface area contributed by atoms with E-state index in [2.05, 4.69) is 36.5 Å². The molecule has 3 aromatic rings. The minimum absolute atomic E-state index is 0.0813. The number of carbonyl (C=O) groups excluding carboxylic acids is 1. The standard InChI is InChI=1S/C26H29ClN2O3S2/c1-20-7-11-24(12-8-20)29(34(31,32)25-13-9-23(27)10-14-25)18-26(30)28-15-4-16-33-19-22-6-3-5-21(2)17-22/h3,5-14,17H,4,15-16,18-19H2,1-2H3,(H,28,30). The van der Waals surface area contributed by atoms with Crippen LogP contribution in [0.2, 0.25) is 5.02 Å². The van der Waals surface area contributed by atoms with Gasteiger partial charge in [0.25, 0.3) is 10.0 Å². The van der Waals surface area contributed by atoms with Crippen molar-refractivity contribution in [2.24, 2.45) is 0 Å². The summed E-state index contributed by atoms with van der Waals surface area (Å²) < 4.78 is 27.8. The second kappa shape index (κ2) is 12.3. The Balaban J connectivity index is 1.58. The van der Waals surface area contributed by atoms with Gasteiger partial charge in [0.2, 0.25) is 5.91 Å². The van der Waals surface area contributed by atoms with Crippen molar-refractivity contribution >= 4 is 45.0 Å². The van der Waals surface area contributed by atoms with Gasteiger partial charge in [-0.3, -0.25) is 9.10 Å². The lowest BCUT2D eigenvalue weighted by molar-refractivity contribution is -0.119. The van der Waals surface area contributed by atoms with Crippen LogP contribution in [0.3, 0.4) is 0 Å². The van der Waals surface area contributed by atoms with Gasteiger partial charge in [0.1, 0.15) is 6.54 Å². The summed E-state index contributed by atoms with van der Waals surface area (Å²) in [7, 11) is -3.94. The smallest absolute Gasteiger partial charge is 0.264 e. The van der Waals surface area contributed by atoms with E-state index in [1.165, 1.54) is 35.4 Å². The molecule has 0 heterocycles. The maximum absolute atomic E-state index is 13.3. The van der Waals surface area contributed by atoms with Crippen LogP contribution < -0.4 is 9.62 Å². The van der Waals surface area contributed by atoms with E-state index in [0.717, 1.165) is 27.8 Å². The fourth-order valence-corrected chi connectivity index (χ4v) is 5.80. The molecular formula is C26H29ClN2O3S2. The summed E-state index contributed by atoms with van der Waals surface area (Å²) in [5, 5.41) is 3.30. The largest absolute Gasteiger partial charge is 0.354 e. The third-order valence-electron chi connectivity index (χ3n) is 5.15. The van der Waals surface area contributed by atoms with E-state index in [1.807, 2.05) is 30.8 Å². The Morgan fingerprint density at radius 3 is 2.35 bits per heavy atom. The minimum atomic E-state index is -3.94. The number of rotatable bonds is 11. The Hall–Kier alpha value is -2.48. The van der Waals surface area contributed by atoms with Crippen molar-refractivity contribution in [1.29, 1.82) is 0 Å². The van der Waals surface area contributed by atoms with Crippen LogP contribution in [-0.2, 0) is 20.6 Å². The number of aryl methyl sites for hydroxylation is 2. The molecule has 1 amide bonds. The lowest BCUT2D eigenvalue weighted by Gasteiger charge is -2.24. The summed E-state index contributed by atoms with van der Waals surface area (Å²) in [5.74, 6) is 1.48. The van der Waals surface area contributed by atoms with Crippen molar-refractivity contribution in [3.05, 3.63) is 94.5 Å². The van der Waals surface area contributed by atoms with Crippen LogP contribution in [-0.4, -0.2) is 33.2 Å². The summed E-state index contributed by atoms with van der Waals surface area (Å²) >= 11 is 7.73. The highest BCUT2D eigenvalue weighted by atomic mass is 35.5. The zero-order chi connectivity index (χ0) is 24.6. The molecule has 3 aromatic carbocycles. The first-order valence-electron chi connectivity index (χ1n) is 11.0. The van der Waals surface area contributed by atoms with E-state index in [-0.39, 0.29) is 17.3 Å². The number of benzene rings is 3. The zero-order valence-corrected chi connectivity index (χ0v) is 21.7. The molecule has 1 N–H and O–H groups in total. The van der Waals surface area contributed by atoms with Gasteiger partial charge in [-0.15, -0.1) is 0 Å². The number of carbonyl (C=O) groups is 1. The molecule has 8 heteroatoms. The van der Waals surface area contributed by atoms with Crippen molar-refractivity contribution < 1.29 is 13.2 Å². The van der Waals surface area contributed by atoms with Gasteiger partial charge in [-0.05, 0) is 68.0 Å². The van der Waals surface area contributed by atoms with Crippen LogP contribution in [0.1, 0.15) is 23.1 Å². The number of hydrogen-bond donors (Lipinski definition) is 1. The molecular weight excluding hydrogens is 488 g/mol. The average molecular weight is 517 g/mol. The summed E-state index contributed by atoms with van der Waals surface area (Å²) in [5.41, 5.74) is 3.97. The van der Waals surface area contributed by atoms with E-state index >= 15 is 0 Å². The van der Waals surface area contributed by atoms with Crippen molar-refractivity contribution in [3.63, 3.8) is 0 Å². The lowest BCUT2D eigenvalue weighted by Crippen LogP contribution is -2.41. The van der Waals surface area contributed by atoms with Crippen LogP contribution in [0.15, 0.2) is 77.7 Å². The van der Waals surface area contributed by atoms with Gasteiger partial charge >= 0.3 is 0 Å². The van der Waals surface area contributed by atoms with Crippen LogP contribution in [0.5, 0.6) is 0 Å². The Morgan fingerprint density at radius 1 is 0.971 bits per heavy atom. The van der Waals surface area contributed by atoms with Crippen LogP contribution in [0.25, 0.3) is 0 Å². The molecule has 5 nitrogen and oxygen atoms in total. The molecule has 3 rings (SSSR count). The molecule has 0 radical (unpaired) electrons. The number of halogens is 1. The third-order valence-corrected chi connectivity index (χ3v) is 8.30. The number of amides is 1. The Bertz CT molecular complexity index is 1200. The fourth-order valence-electron chi connectivity index (χ4n) is 3.34. The number of anilines is 1.